The first-order valence-corrected chi connectivity index (χ1v) is 10.5. The van der Waals surface area contributed by atoms with Gasteiger partial charge in [0.05, 0.1) is 11.6 Å². The molecule has 0 bridgehead atoms. The van der Waals surface area contributed by atoms with Gasteiger partial charge in [-0.1, -0.05) is 60.1 Å². The highest BCUT2D eigenvalue weighted by atomic mass is 35.5. The van der Waals surface area contributed by atoms with E-state index in [-0.39, 0.29) is 35.2 Å². The molecular formula is C25H21ClN2O4. The van der Waals surface area contributed by atoms with Crippen molar-refractivity contribution in [1.82, 2.24) is 5.32 Å². The lowest BCUT2D eigenvalue weighted by Gasteiger charge is -2.20. The summed E-state index contributed by atoms with van der Waals surface area (Å²) in [5.74, 6) is -0.0699. The Labute approximate surface area is 190 Å². The van der Waals surface area contributed by atoms with Crippen LogP contribution in [-0.2, 0) is 4.74 Å². The van der Waals surface area contributed by atoms with Crippen molar-refractivity contribution in [2.75, 3.05) is 13.2 Å². The molecule has 2 atom stereocenters. The highest BCUT2D eigenvalue weighted by Gasteiger charge is 2.29. The second-order valence-corrected chi connectivity index (χ2v) is 8.04. The third-order valence-corrected chi connectivity index (χ3v) is 5.77. The zero-order valence-corrected chi connectivity index (χ0v) is 17.8. The Bertz CT molecular complexity index is 1150. The van der Waals surface area contributed by atoms with Gasteiger partial charge in [0, 0.05) is 17.5 Å². The quantitative estimate of drug-likeness (QED) is 0.525. The second kappa shape index (κ2) is 9.41. The van der Waals surface area contributed by atoms with Crippen molar-refractivity contribution in [2.45, 2.75) is 18.1 Å². The molecule has 0 spiro atoms. The van der Waals surface area contributed by atoms with E-state index < -0.39 is 18.3 Å². The number of carbonyl (C=O) groups excluding carboxylic acids is 1. The van der Waals surface area contributed by atoms with Crippen LogP contribution in [0.1, 0.15) is 34.3 Å². The number of halogens is 1. The molecule has 3 N–H and O–H groups in total. The van der Waals surface area contributed by atoms with E-state index in [1.807, 2.05) is 42.5 Å². The molecule has 0 aromatic heterocycles. The van der Waals surface area contributed by atoms with Crippen LogP contribution in [0.2, 0.25) is 5.02 Å². The fourth-order valence-corrected chi connectivity index (χ4v) is 4.26. The van der Waals surface area contributed by atoms with Crippen LogP contribution in [-0.4, -0.2) is 35.6 Å². The lowest BCUT2D eigenvalue weighted by molar-refractivity contribution is 0.0185. The first-order chi connectivity index (χ1) is 15.5. The number of amides is 1. The van der Waals surface area contributed by atoms with Crippen molar-refractivity contribution in [2.24, 2.45) is 0 Å². The van der Waals surface area contributed by atoms with Crippen molar-refractivity contribution in [1.29, 1.82) is 5.26 Å². The third kappa shape index (κ3) is 4.46. The first kappa shape index (κ1) is 21.8. The Balaban J connectivity index is 1.35. The van der Waals surface area contributed by atoms with Crippen molar-refractivity contribution in [3.8, 4) is 17.2 Å². The molecule has 32 heavy (non-hydrogen) atoms. The maximum atomic E-state index is 12.3. The molecule has 6 nitrogen and oxygen atoms in total. The number of fused-ring (bicyclic) bond motifs is 3. The minimum atomic E-state index is -1.32. The Morgan fingerprint density at radius 2 is 1.69 bits per heavy atom. The smallest absolute Gasteiger partial charge is 0.407 e. The van der Waals surface area contributed by atoms with Gasteiger partial charge in [0.25, 0.3) is 0 Å². The van der Waals surface area contributed by atoms with Crippen molar-refractivity contribution in [3.63, 3.8) is 0 Å². The van der Waals surface area contributed by atoms with Gasteiger partial charge >= 0.3 is 6.09 Å². The van der Waals surface area contributed by atoms with Gasteiger partial charge in [-0.15, -0.1) is 0 Å². The van der Waals surface area contributed by atoms with E-state index in [2.05, 4.69) is 17.4 Å². The molecule has 7 heteroatoms. The van der Waals surface area contributed by atoms with Crippen molar-refractivity contribution >= 4 is 17.7 Å². The van der Waals surface area contributed by atoms with Crippen LogP contribution in [0.25, 0.3) is 11.1 Å². The summed E-state index contributed by atoms with van der Waals surface area (Å²) in [7, 11) is 0. The summed E-state index contributed by atoms with van der Waals surface area (Å²) in [4.78, 5) is 12.3. The molecule has 3 aromatic rings. The molecule has 0 aliphatic heterocycles. The van der Waals surface area contributed by atoms with Gasteiger partial charge in [-0.25, -0.2) is 4.79 Å². The van der Waals surface area contributed by atoms with Gasteiger partial charge in [0.2, 0.25) is 0 Å². The van der Waals surface area contributed by atoms with Crippen LogP contribution < -0.4 is 5.32 Å². The van der Waals surface area contributed by atoms with Gasteiger partial charge < -0.3 is 20.3 Å². The minimum Gasteiger partial charge on any atom is -0.449 e. The number of benzene rings is 3. The largest absolute Gasteiger partial charge is 0.449 e. The number of rotatable bonds is 6. The topological polar surface area (TPSA) is 103 Å². The molecule has 4 rings (SSSR count). The van der Waals surface area contributed by atoms with E-state index in [9.17, 15) is 15.0 Å². The summed E-state index contributed by atoms with van der Waals surface area (Å²) in [6.45, 7) is -0.0788. The van der Waals surface area contributed by atoms with Crippen molar-refractivity contribution in [3.05, 3.63) is 94.0 Å². The molecule has 1 aliphatic rings. The lowest BCUT2D eigenvalue weighted by atomic mass is 9.98. The predicted molar refractivity (Wildman–Crippen MR) is 120 cm³/mol. The Morgan fingerprint density at radius 1 is 1.06 bits per heavy atom. The predicted octanol–water partition coefficient (Wildman–Crippen LogP) is 4.14. The van der Waals surface area contributed by atoms with E-state index in [1.54, 1.807) is 0 Å². The monoisotopic (exact) mass is 448 g/mol. The van der Waals surface area contributed by atoms with Gasteiger partial charge in [0.15, 0.2) is 0 Å². The van der Waals surface area contributed by atoms with Crippen LogP contribution in [0.3, 0.4) is 0 Å². The second-order valence-electron chi connectivity index (χ2n) is 7.60. The number of hydrogen-bond acceptors (Lipinski definition) is 5. The SMILES string of the molecule is N#Cc1cc(Cl)cc(C(O)C(O)CNC(=O)OCC2c3ccccc3-c3ccccc32)c1. The van der Waals surface area contributed by atoms with E-state index in [1.165, 1.54) is 18.2 Å². The number of ether oxygens (including phenoxy) is 1. The van der Waals surface area contributed by atoms with E-state index in [0.29, 0.717) is 0 Å². The van der Waals surface area contributed by atoms with Gasteiger partial charge in [-0.2, -0.15) is 5.26 Å². The fourth-order valence-electron chi connectivity index (χ4n) is 4.02. The number of aliphatic hydroxyl groups is 2. The normalized spacial score (nSPS) is 14.1. The number of hydrogen-bond donors (Lipinski definition) is 3. The highest BCUT2D eigenvalue weighted by molar-refractivity contribution is 6.30. The van der Waals surface area contributed by atoms with Gasteiger partial charge in [-0.05, 0) is 46.0 Å². The summed E-state index contributed by atoms with van der Waals surface area (Å²) >= 11 is 5.95. The summed E-state index contributed by atoms with van der Waals surface area (Å²) in [6, 6.07) is 22.4. The summed E-state index contributed by atoms with van der Waals surface area (Å²) < 4.78 is 5.42. The lowest BCUT2D eigenvalue weighted by Crippen LogP contribution is -2.36. The molecular weight excluding hydrogens is 428 g/mol. The third-order valence-electron chi connectivity index (χ3n) is 5.55. The minimum absolute atomic E-state index is 0.0699. The molecule has 2 unspecified atom stereocenters. The molecule has 0 heterocycles. The highest BCUT2D eigenvalue weighted by Crippen LogP contribution is 2.44. The fraction of sp³-hybridized carbons (Fsp3) is 0.200. The summed E-state index contributed by atoms with van der Waals surface area (Å²) in [5, 5.41) is 32.4. The Kier molecular flexibility index (Phi) is 6.42. The Morgan fingerprint density at radius 3 is 2.31 bits per heavy atom. The average Bonchev–Trinajstić information content (AvgIpc) is 3.14. The van der Waals surface area contributed by atoms with Crippen LogP contribution in [0.4, 0.5) is 4.79 Å². The standard InChI is InChI=1S/C25H21ClN2O4/c26-17-10-15(12-27)9-16(11-17)24(30)23(29)13-28-25(31)32-14-22-20-7-3-1-5-18(20)19-6-2-4-8-21(19)22/h1-11,22-24,29-30H,13-14H2,(H,28,31). The van der Waals surface area contributed by atoms with Gasteiger partial charge in [-0.3, -0.25) is 0 Å². The maximum Gasteiger partial charge on any atom is 0.407 e. The van der Waals surface area contributed by atoms with Crippen LogP contribution in [0.15, 0.2) is 66.7 Å². The molecule has 1 aliphatic carbocycles. The number of aliphatic hydroxyl groups excluding tert-OH is 2. The van der Waals surface area contributed by atoms with Crippen molar-refractivity contribution < 1.29 is 19.7 Å². The summed E-state index contributed by atoms with van der Waals surface area (Å²) in [5.41, 5.74) is 5.03. The van der Waals surface area contributed by atoms with Crippen LogP contribution in [0.5, 0.6) is 0 Å². The molecule has 0 saturated carbocycles. The zero-order valence-electron chi connectivity index (χ0n) is 17.0. The average molecular weight is 449 g/mol. The van der Waals surface area contributed by atoms with Crippen LogP contribution >= 0.6 is 11.6 Å². The zero-order chi connectivity index (χ0) is 22.7. The number of nitriles is 1. The number of nitrogens with one attached hydrogen (secondary N) is 1. The Hall–Kier alpha value is -3.37. The molecule has 0 fully saturated rings. The van der Waals surface area contributed by atoms with Gasteiger partial charge in [0.1, 0.15) is 18.8 Å². The molecule has 0 radical (unpaired) electrons. The van der Waals surface area contributed by atoms with E-state index >= 15 is 0 Å². The van der Waals surface area contributed by atoms with E-state index in [0.717, 1.165) is 22.3 Å². The molecule has 162 valence electrons. The van der Waals surface area contributed by atoms with E-state index in [4.69, 9.17) is 21.6 Å². The number of nitrogens with zero attached hydrogens (tertiary/aromatic N) is 1. The number of alkyl carbamates (subject to hydrolysis) is 1. The maximum absolute atomic E-state index is 12.3. The van der Waals surface area contributed by atoms with Crippen LogP contribution in [0, 0.1) is 11.3 Å². The molecule has 1 amide bonds. The molecule has 3 aromatic carbocycles. The summed E-state index contributed by atoms with van der Waals surface area (Å²) in [6.07, 6.45) is -3.32. The number of carbonyl (C=O) groups is 1. The first-order valence-electron chi connectivity index (χ1n) is 10.1. The molecule has 0 saturated heterocycles.